The molecule has 0 aliphatic carbocycles. The fourth-order valence-electron chi connectivity index (χ4n) is 2.07. The van der Waals surface area contributed by atoms with Crippen LogP contribution < -0.4 is 4.74 Å². The Morgan fingerprint density at radius 2 is 1.75 bits per heavy atom. The molecular weight excluding hydrogens is 274 g/mol. The molecule has 0 radical (unpaired) electrons. The summed E-state index contributed by atoms with van der Waals surface area (Å²) < 4.78 is 5.20. The molecule has 0 amide bonds. The standard InChI is InChI=1S/C16H13NO2.ClH/c1-19-13-8-7-12-9-15(18)16(17-14(12)10-13)11-5-3-2-4-6-11;/h2-10,18H,1H3;1H. The molecule has 3 rings (SSSR count). The number of pyridine rings is 1. The highest BCUT2D eigenvalue weighted by Crippen LogP contribution is 2.31. The van der Waals surface area contributed by atoms with E-state index in [0.717, 1.165) is 22.2 Å². The van der Waals surface area contributed by atoms with E-state index in [9.17, 15) is 5.11 Å². The summed E-state index contributed by atoms with van der Waals surface area (Å²) in [6.07, 6.45) is 0. The Morgan fingerprint density at radius 1 is 1.00 bits per heavy atom. The van der Waals surface area contributed by atoms with Gasteiger partial charge in [0.2, 0.25) is 0 Å². The molecule has 0 unspecified atom stereocenters. The van der Waals surface area contributed by atoms with Crippen molar-refractivity contribution in [3.05, 3.63) is 54.6 Å². The van der Waals surface area contributed by atoms with Gasteiger partial charge in [-0.1, -0.05) is 30.3 Å². The van der Waals surface area contributed by atoms with Crippen molar-refractivity contribution in [1.29, 1.82) is 0 Å². The van der Waals surface area contributed by atoms with Gasteiger partial charge in [-0.2, -0.15) is 0 Å². The number of nitrogens with zero attached hydrogens (tertiary/aromatic N) is 1. The van der Waals surface area contributed by atoms with Gasteiger partial charge in [-0.05, 0) is 18.2 Å². The Bertz CT molecular complexity index is 729. The van der Waals surface area contributed by atoms with E-state index in [2.05, 4.69) is 4.98 Å². The minimum absolute atomic E-state index is 0. The highest BCUT2D eigenvalue weighted by Gasteiger charge is 2.08. The van der Waals surface area contributed by atoms with E-state index >= 15 is 0 Å². The van der Waals surface area contributed by atoms with Gasteiger partial charge in [-0.25, -0.2) is 4.98 Å². The van der Waals surface area contributed by atoms with Crippen LogP contribution in [0.1, 0.15) is 0 Å². The molecule has 102 valence electrons. The number of hydrogen-bond donors (Lipinski definition) is 1. The maximum atomic E-state index is 10.1. The molecule has 1 aromatic heterocycles. The average molecular weight is 288 g/mol. The van der Waals surface area contributed by atoms with E-state index in [-0.39, 0.29) is 18.2 Å². The Hall–Kier alpha value is -2.26. The van der Waals surface area contributed by atoms with Crippen molar-refractivity contribution < 1.29 is 9.84 Å². The molecule has 0 saturated heterocycles. The summed E-state index contributed by atoms with van der Waals surface area (Å²) in [4.78, 5) is 4.52. The Morgan fingerprint density at radius 3 is 2.45 bits per heavy atom. The quantitative estimate of drug-likeness (QED) is 0.773. The maximum Gasteiger partial charge on any atom is 0.142 e. The molecule has 1 N–H and O–H groups in total. The van der Waals surface area contributed by atoms with Crippen LogP contribution in [0.4, 0.5) is 0 Å². The van der Waals surface area contributed by atoms with Crippen LogP contribution in [0.3, 0.4) is 0 Å². The number of ether oxygens (including phenoxy) is 1. The fourth-order valence-corrected chi connectivity index (χ4v) is 2.07. The SMILES string of the molecule is COc1ccc2cc(O)c(-c3ccccc3)nc2c1.Cl. The van der Waals surface area contributed by atoms with Crippen molar-refractivity contribution in [2.75, 3.05) is 7.11 Å². The summed E-state index contributed by atoms with van der Waals surface area (Å²) in [6.45, 7) is 0. The number of aromatic nitrogens is 1. The molecule has 0 atom stereocenters. The highest BCUT2D eigenvalue weighted by molar-refractivity contribution is 5.86. The molecule has 4 heteroatoms. The number of hydrogen-bond acceptors (Lipinski definition) is 3. The van der Waals surface area contributed by atoms with E-state index in [1.165, 1.54) is 0 Å². The van der Waals surface area contributed by atoms with Crippen molar-refractivity contribution in [2.45, 2.75) is 0 Å². The largest absolute Gasteiger partial charge is 0.506 e. The fraction of sp³-hybridized carbons (Fsp3) is 0.0625. The lowest BCUT2D eigenvalue weighted by Gasteiger charge is -2.07. The van der Waals surface area contributed by atoms with E-state index in [1.807, 2.05) is 48.5 Å². The van der Waals surface area contributed by atoms with Crippen molar-refractivity contribution in [3.8, 4) is 22.8 Å². The zero-order valence-corrected chi connectivity index (χ0v) is 11.7. The number of halogens is 1. The Labute approximate surface area is 123 Å². The van der Waals surface area contributed by atoms with Gasteiger partial charge in [0.1, 0.15) is 17.2 Å². The maximum absolute atomic E-state index is 10.1. The Balaban J connectivity index is 0.00000147. The normalized spacial score (nSPS) is 10.1. The molecule has 2 aromatic carbocycles. The molecule has 0 spiro atoms. The van der Waals surface area contributed by atoms with Gasteiger partial charge in [-0.3, -0.25) is 0 Å². The van der Waals surface area contributed by atoms with Crippen molar-refractivity contribution >= 4 is 23.3 Å². The number of aromatic hydroxyl groups is 1. The first kappa shape index (κ1) is 14.2. The summed E-state index contributed by atoms with van der Waals surface area (Å²) in [5.74, 6) is 0.938. The second-order valence-corrected chi connectivity index (χ2v) is 4.28. The summed E-state index contributed by atoms with van der Waals surface area (Å²) in [5, 5.41) is 11.0. The predicted molar refractivity (Wildman–Crippen MR) is 82.6 cm³/mol. The first-order valence-electron chi connectivity index (χ1n) is 6.01. The number of rotatable bonds is 2. The van der Waals surface area contributed by atoms with Crippen LogP contribution in [0.5, 0.6) is 11.5 Å². The minimum Gasteiger partial charge on any atom is -0.506 e. The molecule has 3 aromatic rings. The van der Waals surface area contributed by atoms with Gasteiger partial charge in [0, 0.05) is 17.0 Å². The molecule has 0 saturated carbocycles. The molecule has 0 aliphatic heterocycles. The van der Waals surface area contributed by atoms with E-state index in [0.29, 0.717) is 5.69 Å². The number of benzene rings is 2. The first-order chi connectivity index (χ1) is 9.28. The third kappa shape index (κ3) is 2.53. The molecular formula is C16H14ClNO2. The lowest BCUT2D eigenvalue weighted by atomic mass is 10.1. The van der Waals surface area contributed by atoms with Gasteiger partial charge in [0.15, 0.2) is 0 Å². The summed E-state index contributed by atoms with van der Waals surface area (Å²) >= 11 is 0. The lowest BCUT2D eigenvalue weighted by molar-refractivity contribution is 0.415. The Kier molecular flexibility index (Phi) is 4.11. The van der Waals surface area contributed by atoms with E-state index in [1.54, 1.807) is 13.2 Å². The van der Waals surface area contributed by atoms with Crippen LogP contribution in [0.25, 0.3) is 22.2 Å². The number of fused-ring (bicyclic) bond motifs is 1. The minimum atomic E-state index is 0. The van der Waals surface area contributed by atoms with Gasteiger partial charge in [0.25, 0.3) is 0 Å². The zero-order chi connectivity index (χ0) is 13.2. The summed E-state index contributed by atoms with van der Waals surface area (Å²) in [5.41, 5.74) is 2.28. The number of methoxy groups -OCH3 is 1. The van der Waals surface area contributed by atoms with E-state index in [4.69, 9.17) is 4.74 Å². The van der Waals surface area contributed by atoms with Crippen LogP contribution in [-0.2, 0) is 0 Å². The van der Waals surface area contributed by atoms with Gasteiger partial charge >= 0.3 is 0 Å². The van der Waals surface area contributed by atoms with Crippen LogP contribution >= 0.6 is 12.4 Å². The molecule has 1 heterocycles. The summed E-state index contributed by atoms with van der Waals surface area (Å²) in [6, 6.07) is 17.0. The van der Waals surface area contributed by atoms with Crippen LogP contribution in [-0.4, -0.2) is 17.2 Å². The third-order valence-electron chi connectivity index (χ3n) is 3.05. The third-order valence-corrected chi connectivity index (χ3v) is 3.05. The molecule has 0 fully saturated rings. The first-order valence-corrected chi connectivity index (χ1v) is 6.01. The predicted octanol–water partition coefficient (Wildman–Crippen LogP) is 4.04. The average Bonchev–Trinajstić information content (AvgIpc) is 2.47. The monoisotopic (exact) mass is 287 g/mol. The van der Waals surface area contributed by atoms with Crippen molar-refractivity contribution in [2.24, 2.45) is 0 Å². The zero-order valence-electron chi connectivity index (χ0n) is 10.9. The second-order valence-electron chi connectivity index (χ2n) is 4.28. The van der Waals surface area contributed by atoms with Gasteiger partial charge in [0.05, 0.1) is 12.6 Å². The summed E-state index contributed by atoms with van der Waals surface area (Å²) in [7, 11) is 1.62. The molecule has 20 heavy (non-hydrogen) atoms. The van der Waals surface area contributed by atoms with Crippen LogP contribution in [0, 0.1) is 0 Å². The molecule has 0 bridgehead atoms. The molecule has 0 aliphatic rings. The topological polar surface area (TPSA) is 42.4 Å². The van der Waals surface area contributed by atoms with E-state index < -0.39 is 0 Å². The van der Waals surface area contributed by atoms with Gasteiger partial charge in [-0.15, -0.1) is 12.4 Å². The van der Waals surface area contributed by atoms with Crippen LogP contribution in [0.15, 0.2) is 54.6 Å². The van der Waals surface area contributed by atoms with Crippen molar-refractivity contribution in [1.82, 2.24) is 4.98 Å². The molecule has 3 nitrogen and oxygen atoms in total. The smallest absolute Gasteiger partial charge is 0.142 e. The second kappa shape index (κ2) is 5.80. The lowest BCUT2D eigenvalue weighted by Crippen LogP contribution is -1.88. The van der Waals surface area contributed by atoms with Crippen molar-refractivity contribution in [3.63, 3.8) is 0 Å². The van der Waals surface area contributed by atoms with Gasteiger partial charge < -0.3 is 9.84 Å². The van der Waals surface area contributed by atoms with Crippen LogP contribution in [0.2, 0.25) is 0 Å². The highest BCUT2D eigenvalue weighted by atomic mass is 35.5.